The Hall–Kier alpha value is -2.12. The number of nitrogen functional groups attached to an aromatic ring is 1. The van der Waals surface area contributed by atoms with Gasteiger partial charge in [-0.15, -0.1) is 0 Å². The van der Waals surface area contributed by atoms with Crippen molar-refractivity contribution in [3.63, 3.8) is 0 Å². The van der Waals surface area contributed by atoms with Crippen molar-refractivity contribution in [2.45, 2.75) is 43.7 Å². The van der Waals surface area contributed by atoms with Crippen LogP contribution < -0.4 is 10.6 Å². The van der Waals surface area contributed by atoms with Crippen molar-refractivity contribution in [1.82, 2.24) is 4.90 Å². The molecular formula is C22H27N3O3. The first-order chi connectivity index (χ1) is 13.3. The Morgan fingerprint density at radius 1 is 0.964 bits per heavy atom. The van der Waals surface area contributed by atoms with Crippen LogP contribution in [0.1, 0.15) is 25.0 Å². The SMILES string of the molecule is CN(C)c1cccc([C@@]2(C)O[C@@H]3N4[C@H](CO[C@H]42)O[C@]3(C)c2cccc(N)c2)c1. The first-order valence-corrected chi connectivity index (χ1v) is 9.71. The molecule has 3 heterocycles. The minimum absolute atomic E-state index is 0.125. The molecule has 2 aromatic carbocycles. The summed E-state index contributed by atoms with van der Waals surface area (Å²) in [5.74, 6) is 0. The van der Waals surface area contributed by atoms with Crippen LogP contribution in [0.2, 0.25) is 0 Å². The highest BCUT2D eigenvalue weighted by atomic mass is 16.7. The van der Waals surface area contributed by atoms with Crippen LogP contribution in [0.25, 0.3) is 0 Å². The molecule has 5 atom stereocenters. The summed E-state index contributed by atoms with van der Waals surface area (Å²) in [5, 5.41) is 0. The molecule has 2 aromatic rings. The van der Waals surface area contributed by atoms with Gasteiger partial charge >= 0.3 is 0 Å². The summed E-state index contributed by atoms with van der Waals surface area (Å²) < 4.78 is 19.4. The third kappa shape index (κ3) is 2.35. The second-order valence-corrected chi connectivity index (χ2v) is 8.46. The van der Waals surface area contributed by atoms with E-state index in [0.717, 1.165) is 22.5 Å². The topological polar surface area (TPSA) is 60.2 Å². The monoisotopic (exact) mass is 381 g/mol. The Kier molecular flexibility index (Phi) is 3.81. The molecule has 3 aliphatic heterocycles. The van der Waals surface area contributed by atoms with Crippen molar-refractivity contribution >= 4 is 11.4 Å². The molecule has 5 rings (SSSR count). The molecule has 3 aliphatic rings. The lowest BCUT2D eigenvalue weighted by Gasteiger charge is -2.33. The standard InChI is InChI=1S/C22H27N3O3/c1-21(15-8-6-10-17(12-15)24(3)4)19-25-18(13-26-19)27-22(2,20(25)28-21)14-7-5-9-16(23)11-14/h5-12,18-20H,13,23H2,1-4H3/t18-,19-,20-,21+,22+/m0/s1. The molecule has 0 aromatic heterocycles. The zero-order valence-electron chi connectivity index (χ0n) is 16.8. The van der Waals surface area contributed by atoms with E-state index < -0.39 is 11.2 Å². The fraction of sp³-hybridized carbons (Fsp3) is 0.455. The molecule has 0 amide bonds. The molecule has 28 heavy (non-hydrogen) atoms. The van der Waals surface area contributed by atoms with Crippen LogP contribution >= 0.6 is 0 Å². The number of hydrogen-bond acceptors (Lipinski definition) is 6. The Morgan fingerprint density at radius 2 is 1.64 bits per heavy atom. The lowest BCUT2D eigenvalue weighted by Crippen LogP contribution is -2.40. The summed E-state index contributed by atoms with van der Waals surface area (Å²) in [6.07, 6.45) is -0.567. The minimum Gasteiger partial charge on any atom is -0.399 e. The maximum absolute atomic E-state index is 6.75. The van der Waals surface area contributed by atoms with E-state index >= 15 is 0 Å². The van der Waals surface area contributed by atoms with Crippen molar-refractivity contribution in [2.75, 3.05) is 31.3 Å². The average molecular weight is 381 g/mol. The Labute approximate surface area is 165 Å². The Balaban J connectivity index is 1.57. The summed E-state index contributed by atoms with van der Waals surface area (Å²) in [4.78, 5) is 4.34. The lowest BCUT2D eigenvalue weighted by molar-refractivity contribution is -0.138. The van der Waals surface area contributed by atoms with Crippen LogP contribution in [-0.2, 0) is 25.4 Å². The number of benzene rings is 2. The van der Waals surface area contributed by atoms with Gasteiger partial charge in [-0.2, -0.15) is 0 Å². The molecule has 3 fully saturated rings. The molecule has 0 saturated carbocycles. The highest BCUT2D eigenvalue weighted by Crippen LogP contribution is 2.55. The number of ether oxygens (including phenoxy) is 3. The van der Waals surface area contributed by atoms with E-state index in [1.807, 2.05) is 32.3 Å². The molecule has 3 saturated heterocycles. The zero-order chi connectivity index (χ0) is 19.7. The van der Waals surface area contributed by atoms with E-state index in [-0.39, 0.29) is 18.7 Å². The Morgan fingerprint density at radius 3 is 2.36 bits per heavy atom. The van der Waals surface area contributed by atoms with Gasteiger partial charge in [0.2, 0.25) is 0 Å². The van der Waals surface area contributed by atoms with Gasteiger partial charge in [0.15, 0.2) is 0 Å². The second kappa shape index (κ2) is 5.94. The van der Waals surface area contributed by atoms with Gasteiger partial charge in [0.25, 0.3) is 0 Å². The molecule has 2 N–H and O–H groups in total. The molecule has 0 spiro atoms. The zero-order valence-corrected chi connectivity index (χ0v) is 16.8. The second-order valence-electron chi connectivity index (χ2n) is 8.46. The van der Waals surface area contributed by atoms with Gasteiger partial charge < -0.3 is 24.8 Å². The van der Waals surface area contributed by atoms with Gasteiger partial charge in [-0.1, -0.05) is 24.3 Å². The number of nitrogens with two attached hydrogens (primary N) is 1. The summed E-state index contributed by atoms with van der Waals surface area (Å²) in [7, 11) is 4.09. The molecule has 148 valence electrons. The van der Waals surface area contributed by atoms with Crippen LogP contribution in [-0.4, -0.2) is 44.3 Å². The van der Waals surface area contributed by atoms with E-state index in [0.29, 0.717) is 6.61 Å². The predicted molar refractivity (Wildman–Crippen MR) is 108 cm³/mol. The molecule has 6 heteroatoms. The third-order valence-corrected chi connectivity index (χ3v) is 6.35. The minimum atomic E-state index is -0.612. The summed E-state index contributed by atoms with van der Waals surface area (Å²) in [6, 6.07) is 16.3. The molecular weight excluding hydrogens is 354 g/mol. The van der Waals surface area contributed by atoms with Crippen molar-refractivity contribution in [3.8, 4) is 0 Å². The molecule has 0 aliphatic carbocycles. The van der Waals surface area contributed by atoms with E-state index in [4.69, 9.17) is 19.9 Å². The van der Waals surface area contributed by atoms with E-state index in [2.05, 4.69) is 54.0 Å². The lowest BCUT2D eigenvalue weighted by atomic mass is 9.93. The number of hydrogen-bond donors (Lipinski definition) is 1. The van der Waals surface area contributed by atoms with Gasteiger partial charge in [-0.25, -0.2) is 4.90 Å². The van der Waals surface area contributed by atoms with E-state index in [9.17, 15) is 0 Å². The first-order valence-electron chi connectivity index (χ1n) is 9.71. The van der Waals surface area contributed by atoms with Crippen LogP contribution in [0.15, 0.2) is 48.5 Å². The van der Waals surface area contributed by atoms with Crippen molar-refractivity contribution in [3.05, 3.63) is 59.7 Å². The number of rotatable bonds is 3. The number of anilines is 2. The maximum atomic E-state index is 6.75. The largest absolute Gasteiger partial charge is 0.399 e. The fourth-order valence-electron chi connectivity index (χ4n) is 4.76. The summed E-state index contributed by atoms with van der Waals surface area (Å²) >= 11 is 0. The van der Waals surface area contributed by atoms with Crippen molar-refractivity contribution < 1.29 is 14.2 Å². The predicted octanol–water partition coefficient (Wildman–Crippen LogP) is 2.84. The van der Waals surface area contributed by atoms with Gasteiger partial charge in [0.1, 0.15) is 29.9 Å². The fourth-order valence-corrected chi connectivity index (χ4v) is 4.76. The third-order valence-electron chi connectivity index (χ3n) is 6.35. The summed E-state index contributed by atoms with van der Waals surface area (Å²) in [5.41, 5.74) is 8.84. The highest BCUT2D eigenvalue weighted by molar-refractivity contribution is 5.49. The van der Waals surface area contributed by atoms with Gasteiger partial charge in [0, 0.05) is 25.5 Å². The van der Waals surface area contributed by atoms with Crippen LogP contribution in [0.4, 0.5) is 11.4 Å². The molecule has 0 radical (unpaired) electrons. The Bertz CT molecular complexity index is 919. The van der Waals surface area contributed by atoms with Gasteiger partial charge in [-0.3, -0.25) is 0 Å². The quantitative estimate of drug-likeness (QED) is 0.825. The van der Waals surface area contributed by atoms with Crippen LogP contribution in [0.3, 0.4) is 0 Å². The maximum Gasteiger partial charge on any atom is 0.149 e. The average Bonchev–Trinajstić information content (AvgIpc) is 3.30. The van der Waals surface area contributed by atoms with E-state index in [1.54, 1.807) is 0 Å². The van der Waals surface area contributed by atoms with E-state index in [1.165, 1.54) is 0 Å². The van der Waals surface area contributed by atoms with Crippen molar-refractivity contribution in [1.29, 1.82) is 0 Å². The smallest absolute Gasteiger partial charge is 0.149 e. The molecule has 6 nitrogen and oxygen atoms in total. The van der Waals surface area contributed by atoms with Crippen LogP contribution in [0, 0.1) is 0 Å². The molecule has 0 bridgehead atoms. The first kappa shape index (κ1) is 17.9. The van der Waals surface area contributed by atoms with Crippen molar-refractivity contribution in [2.24, 2.45) is 0 Å². The number of nitrogens with zero attached hydrogens (tertiary/aromatic N) is 2. The normalized spacial score (nSPS) is 36.6. The van der Waals surface area contributed by atoms with Crippen LogP contribution in [0.5, 0.6) is 0 Å². The highest BCUT2D eigenvalue weighted by Gasteiger charge is 2.68. The van der Waals surface area contributed by atoms with Gasteiger partial charge in [0.05, 0.1) is 6.61 Å². The van der Waals surface area contributed by atoms with Gasteiger partial charge in [-0.05, 0) is 49.2 Å². The summed E-state index contributed by atoms with van der Waals surface area (Å²) in [6.45, 7) is 4.74. The molecule has 0 unspecified atom stereocenters.